The van der Waals surface area contributed by atoms with E-state index in [9.17, 15) is 15.0 Å². The van der Waals surface area contributed by atoms with Gasteiger partial charge in [0.2, 0.25) is 0 Å². The molecule has 4 atom stereocenters. The van der Waals surface area contributed by atoms with Gasteiger partial charge in [-0.2, -0.15) is 0 Å². The molecule has 0 unspecified atom stereocenters. The standard InChI is InChI=1S/C13H19N7O5/c14-1-2-16-13(23)25-9-6(3-21)24-12(8(9)22)20-5-19-7-10(15)17-4-18-11(7)20/h4-6,8-9,12,21-22H,1-3,14H2,(H,16,23)(H2,15,17,18)/t6-,8-,9-,12-/m1/s1. The number of nitrogen functional groups attached to an aromatic ring is 1. The summed E-state index contributed by atoms with van der Waals surface area (Å²) in [6.45, 7) is 0.0112. The molecule has 0 radical (unpaired) electrons. The van der Waals surface area contributed by atoms with Crippen molar-refractivity contribution in [2.75, 3.05) is 25.4 Å². The molecular weight excluding hydrogens is 334 g/mol. The number of aromatic nitrogens is 4. The van der Waals surface area contributed by atoms with Crippen LogP contribution in [0.5, 0.6) is 0 Å². The van der Waals surface area contributed by atoms with Crippen molar-refractivity contribution in [3.05, 3.63) is 12.7 Å². The van der Waals surface area contributed by atoms with E-state index < -0.39 is 37.2 Å². The minimum absolute atomic E-state index is 0.184. The Kier molecular flexibility index (Phi) is 4.94. The van der Waals surface area contributed by atoms with E-state index in [1.807, 2.05) is 0 Å². The molecule has 3 rings (SSSR count). The molecular formula is C13H19N7O5. The van der Waals surface area contributed by atoms with E-state index in [0.717, 1.165) is 0 Å². The van der Waals surface area contributed by atoms with E-state index in [1.165, 1.54) is 17.2 Å². The summed E-state index contributed by atoms with van der Waals surface area (Å²) in [6, 6.07) is 0. The minimum Gasteiger partial charge on any atom is -0.440 e. The Bertz CT molecular complexity index is 753. The lowest BCUT2D eigenvalue weighted by molar-refractivity contribution is -0.0516. The maximum atomic E-state index is 11.7. The van der Waals surface area contributed by atoms with Crippen molar-refractivity contribution in [1.29, 1.82) is 0 Å². The van der Waals surface area contributed by atoms with Gasteiger partial charge in [-0.25, -0.2) is 19.7 Å². The number of ether oxygens (including phenoxy) is 2. The van der Waals surface area contributed by atoms with Gasteiger partial charge >= 0.3 is 6.09 Å². The maximum Gasteiger partial charge on any atom is 0.407 e. The summed E-state index contributed by atoms with van der Waals surface area (Å²) < 4.78 is 12.2. The van der Waals surface area contributed by atoms with Gasteiger partial charge in [-0.05, 0) is 0 Å². The van der Waals surface area contributed by atoms with E-state index in [4.69, 9.17) is 20.9 Å². The van der Waals surface area contributed by atoms with Crippen molar-refractivity contribution in [2.45, 2.75) is 24.5 Å². The molecule has 3 heterocycles. The first kappa shape index (κ1) is 17.3. The van der Waals surface area contributed by atoms with E-state index >= 15 is 0 Å². The van der Waals surface area contributed by atoms with Gasteiger partial charge in [-0.1, -0.05) is 0 Å². The number of nitrogens with two attached hydrogens (primary N) is 2. The first-order chi connectivity index (χ1) is 12.1. The number of alkyl carbamates (subject to hydrolysis) is 1. The molecule has 1 aliphatic rings. The van der Waals surface area contributed by atoms with Crippen LogP contribution in [0.1, 0.15) is 6.23 Å². The van der Waals surface area contributed by atoms with Crippen LogP contribution in [0.2, 0.25) is 0 Å². The minimum atomic E-state index is -1.26. The number of nitrogens with zero attached hydrogens (tertiary/aromatic N) is 4. The van der Waals surface area contributed by atoms with E-state index in [1.54, 1.807) is 0 Å². The lowest BCUT2D eigenvalue weighted by Crippen LogP contribution is -2.41. The number of imidazole rings is 1. The highest BCUT2D eigenvalue weighted by atomic mass is 16.6. The van der Waals surface area contributed by atoms with Crippen molar-refractivity contribution in [3.63, 3.8) is 0 Å². The Morgan fingerprint density at radius 3 is 2.96 bits per heavy atom. The summed E-state index contributed by atoms with van der Waals surface area (Å²) in [4.78, 5) is 23.7. The number of hydrogen-bond donors (Lipinski definition) is 5. The Labute approximate surface area is 141 Å². The molecule has 0 bridgehead atoms. The number of aliphatic hydroxyl groups excluding tert-OH is 2. The lowest BCUT2D eigenvalue weighted by atomic mass is 10.1. The van der Waals surface area contributed by atoms with Gasteiger partial charge in [0.15, 0.2) is 23.8 Å². The quantitative estimate of drug-likeness (QED) is 0.392. The number of rotatable bonds is 5. The third-order valence-electron chi connectivity index (χ3n) is 3.81. The summed E-state index contributed by atoms with van der Waals surface area (Å²) in [7, 11) is 0. The number of carbonyl (C=O) groups excluding carboxylic acids is 1. The number of amides is 1. The zero-order valence-corrected chi connectivity index (χ0v) is 13.1. The fourth-order valence-corrected chi connectivity index (χ4v) is 2.64. The van der Waals surface area contributed by atoms with Crippen LogP contribution >= 0.6 is 0 Å². The van der Waals surface area contributed by atoms with Gasteiger partial charge in [0.25, 0.3) is 0 Å². The molecule has 1 amide bonds. The molecule has 0 spiro atoms. The zero-order chi connectivity index (χ0) is 18.0. The molecule has 0 saturated carbocycles. The second kappa shape index (κ2) is 7.14. The van der Waals surface area contributed by atoms with Gasteiger partial charge < -0.3 is 36.5 Å². The summed E-state index contributed by atoms with van der Waals surface area (Å²) >= 11 is 0. The number of aliphatic hydroxyl groups is 2. The topological polar surface area (TPSA) is 184 Å². The molecule has 25 heavy (non-hydrogen) atoms. The predicted molar refractivity (Wildman–Crippen MR) is 84.1 cm³/mol. The second-order valence-corrected chi connectivity index (χ2v) is 5.41. The number of fused-ring (bicyclic) bond motifs is 1. The van der Waals surface area contributed by atoms with Crippen molar-refractivity contribution < 1.29 is 24.5 Å². The van der Waals surface area contributed by atoms with Gasteiger partial charge in [0.1, 0.15) is 24.1 Å². The Hall–Kier alpha value is -2.54. The van der Waals surface area contributed by atoms with Crippen molar-refractivity contribution in [1.82, 2.24) is 24.8 Å². The van der Waals surface area contributed by atoms with Gasteiger partial charge in [-0.15, -0.1) is 0 Å². The van der Waals surface area contributed by atoms with Gasteiger partial charge in [-0.3, -0.25) is 4.57 Å². The highest BCUT2D eigenvalue weighted by molar-refractivity contribution is 5.81. The Morgan fingerprint density at radius 2 is 2.24 bits per heavy atom. The van der Waals surface area contributed by atoms with Crippen LogP contribution in [-0.4, -0.2) is 73.8 Å². The average molecular weight is 353 g/mol. The fourth-order valence-electron chi connectivity index (χ4n) is 2.64. The predicted octanol–water partition coefficient (Wildman–Crippen LogP) is -2.29. The number of anilines is 1. The molecule has 1 aliphatic heterocycles. The molecule has 7 N–H and O–H groups in total. The van der Waals surface area contributed by atoms with E-state index in [0.29, 0.717) is 11.2 Å². The third-order valence-corrected chi connectivity index (χ3v) is 3.81. The van der Waals surface area contributed by atoms with Crippen LogP contribution in [0.3, 0.4) is 0 Å². The molecule has 0 aromatic carbocycles. The molecule has 12 nitrogen and oxygen atoms in total. The molecule has 12 heteroatoms. The van der Waals surface area contributed by atoms with Crippen molar-refractivity contribution in [3.8, 4) is 0 Å². The van der Waals surface area contributed by atoms with E-state index in [2.05, 4.69) is 20.3 Å². The third kappa shape index (κ3) is 3.19. The van der Waals surface area contributed by atoms with E-state index in [-0.39, 0.29) is 18.9 Å². The highest BCUT2D eigenvalue weighted by Gasteiger charge is 2.47. The molecule has 1 saturated heterocycles. The number of hydrogen-bond acceptors (Lipinski definition) is 10. The first-order valence-corrected chi connectivity index (χ1v) is 7.58. The first-order valence-electron chi connectivity index (χ1n) is 7.58. The van der Waals surface area contributed by atoms with Gasteiger partial charge in [0, 0.05) is 13.1 Å². The summed E-state index contributed by atoms with van der Waals surface area (Å²) in [5.41, 5.74) is 11.7. The largest absolute Gasteiger partial charge is 0.440 e. The Balaban J connectivity index is 1.83. The molecule has 2 aromatic heterocycles. The SMILES string of the molecule is NCCNC(=O)O[C@H]1[C@@H](O)[C@H](n2cnc3c(N)ncnc32)O[C@@H]1CO. The van der Waals surface area contributed by atoms with Crippen molar-refractivity contribution >= 4 is 23.1 Å². The highest BCUT2D eigenvalue weighted by Crippen LogP contribution is 2.33. The summed E-state index contributed by atoms with van der Waals surface area (Å²) in [5.74, 6) is 0.184. The van der Waals surface area contributed by atoms with Crippen LogP contribution in [-0.2, 0) is 9.47 Å². The van der Waals surface area contributed by atoms with Crippen LogP contribution < -0.4 is 16.8 Å². The monoisotopic (exact) mass is 353 g/mol. The average Bonchev–Trinajstić information content (AvgIpc) is 3.16. The van der Waals surface area contributed by atoms with Crippen LogP contribution in [0.15, 0.2) is 12.7 Å². The molecule has 2 aromatic rings. The van der Waals surface area contributed by atoms with Crippen molar-refractivity contribution in [2.24, 2.45) is 5.73 Å². The second-order valence-electron chi connectivity index (χ2n) is 5.41. The smallest absolute Gasteiger partial charge is 0.407 e. The maximum absolute atomic E-state index is 11.7. The number of nitrogens with one attached hydrogen (secondary N) is 1. The molecule has 1 fully saturated rings. The van der Waals surface area contributed by atoms with Gasteiger partial charge in [0.05, 0.1) is 12.9 Å². The normalized spacial score (nSPS) is 26.0. The van der Waals surface area contributed by atoms with Crippen LogP contribution in [0.4, 0.5) is 10.6 Å². The fraction of sp³-hybridized carbons (Fsp3) is 0.538. The lowest BCUT2D eigenvalue weighted by Gasteiger charge is -2.20. The molecule has 0 aliphatic carbocycles. The molecule has 136 valence electrons. The number of carbonyl (C=O) groups is 1. The zero-order valence-electron chi connectivity index (χ0n) is 13.1. The Morgan fingerprint density at radius 1 is 1.44 bits per heavy atom. The van der Waals surface area contributed by atoms with Crippen LogP contribution in [0.25, 0.3) is 11.2 Å². The van der Waals surface area contributed by atoms with Crippen LogP contribution in [0, 0.1) is 0 Å². The summed E-state index contributed by atoms with van der Waals surface area (Å²) in [5, 5.41) is 22.4. The summed E-state index contributed by atoms with van der Waals surface area (Å²) in [6.07, 6.45) is -2.34.